The third-order valence-electron chi connectivity index (χ3n) is 4.70. The number of amides is 1. The average Bonchev–Trinajstić information content (AvgIpc) is 3.14. The van der Waals surface area contributed by atoms with Gasteiger partial charge in [-0.1, -0.05) is 36.4 Å². The van der Waals surface area contributed by atoms with E-state index in [0.29, 0.717) is 11.3 Å². The highest BCUT2D eigenvalue weighted by Crippen LogP contribution is 2.25. The summed E-state index contributed by atoms with van der Waals surface area (Å²) in [7, 11) is 0. The van der Waals surface area contributed by atoms with E-state index in [9.17, 15) is 14.4 Å². The summed E-state index contributed by atoms with van der Waals surface area (Å²) in [4.78, 5) is 36.2. The molecule has 3 rings (SSSR count). The van der Waals surface area contributed by atoms with Crippen LogP contribution >= 0.6 is 0 Å². The first-order chi connectivity index (χ1) is 13.0. The van der Waals surface area contributed by atoms with Gasteiger partial charge in [0.1, 0.15) is 0 Å². The molecule has 0 aromatic heterocycles. The number of esters is 1. The topological polar surface area (TPSA) is 72.5 Å². The van der Waals surface area contributed by atoms with Crippen molar-refractivity contribution in [3.05, 3.63) is 65.2 Å². The van der Waals surface area contributed by atoms with Crippen molar-refractivity contribution < 1.29 is 19.1 Å². The summed E-state index contributed by atoms with van der Waals surface area (Å²) in [6.07, 6.45) is 2.34. The van der Waals surface area contributed by atoms with E-state index in [2.05, 4.69) is 5.32 Å². The Bertz CT molecular complexity index is 845. The van der Waals surface area contributed by atoms with E-state index in [1.165, 1.54) is 18.1 Å². The summed E-state index contributed by atoms with van der Waals surface area (Å²) < 4.78 is 5.16. The predicted molar refractivity (Wildman–Crippen MR) is 103 cm³/mol. The number of fused-ring (bicyclic) bond motifs is 1. The molecule has 0 spiro atoms. The maximum Gasteiger partial charge on any atom is 0.307 e. The van der Waals surface area contributed by atoms with Crippen LogP contribution in [0.15, 0.2) is 48.5 Å². The van der Waals surface area contributed by atoms with Gasteiger partial charge in [-0.2, -0.15) is 0 Å². The largest absolute Gasteiger partial charge is 0.453 e. The van der Waals surface area contributed by atoms with Gasteiger partial charge in [-0.05, 0) is 49.4 Å². The van der Waals surface area contributed by atoms with Crippen molar-refractivity contribution in [2.24, 2.45) is 0 Å². The number of Topliss-reactive ketones (excluding diaryl/α,β-unsaturated/α-hetero) is 1. The highest BCUT2D eigenvalue weighted by Gasteiger charge is 2.19. The number of anilines is 1. The van der Waals surface area contributed by atoms with Crippen LogP contribution in [0, 0.1) is 0 Å². The Morgan fingerprint density at radius 2 is 1.74 bits per heavy atom. The first-order valence-corrected chi connectivity index (χ1v) is 9.23. The molecule has 0 saturated heterocycles. The molecule has 2 aromatic rings. The van der Waals surface area contributed by atoms with Crippen LogP contribution in [0.4, 0.5) is 5.69 Å². The lowest BCUT2D eigenvalue weighted by molar-refractivity contribution is -0.153. The molecule has 2 aromatic carbocycles. The van der Waals surface area contributed by atoms with Crippen LogP contribution < -0.4 is 5.32 Å². The molecular weight excluding hydrogens is 342 g/mol. The molecule has 1 aliphatic rings. The number of ether oxygens (including phenoxy) is 1. The van der Waals surface area contributed by atoms with Crippen molar-refractivity contribution in [2.75, 3.05) is 5.32 Å². The number of aryl methyl sites for hydroxylation is 2. The van der Waals surface area contributed by atoms with Crippen LogP contribution in [0.1, 0.15) is 47.7 Å². The lowest BCUT2D eigenvalue weighted by Crippen LogP contribution is -2.30. The van der Waals surface area contributed by atoms with Crippen LogP contribution in [-0.4, -0.2) is 23.8 Å². The quantitative estimate of drug-likeness (QED) is 0.600. The Morgan fingerprint density at radius 1 is 1.00 bits per heavy atom. The smallest absolute Gasteiger partial charge is 0.307 e. The molecule has 1 atom stereocenters. The van der Waals surface area contributed by atoms with E-state index >= 15 is 0 Å². The highest BCUT2D eigenvalue weighted by atomic mass is 16.5. The molecule has 27 heavy (non-hydrogen) atoms. The van der Waals surface area contributed by atoms with Crippen molar-refractivity contribution in [1.82, 2.24) is 0 Å². The second-order valence-corrected chi connectivity index (χ2v) is 6.75. The lowest BCUT2D eigenvalue weighted by atomic mass is 10.1. The second kappa shape index (κ2) is 8.62. The van der Waals surface area contributed by atoms with E-state index in [-0.39, 0.29) is 24.5 Å². The Balaban J connectivity index is 1.46. The normalized spacial score (nSPS) is 13.5. The van der Waals surface area contributed by atoms with Crippen molar-refractivity contribution in [1.29, 1.82) is 0 Å². The Kier molecular flexibility index (Phi) is 6.01. The van der Waals surface area contributed by atoms with E-state index in [1.807, 2.05) is 24.3 Å². The van der Waals surface area contributed by atoms with Crippen LogP contribution in [-0.2, 0) is 27.2 Å². The van der Waals surface area contributed by atoms with Gasteiger partial charge < -0.3 is 10.1 Å². The van der Waals surface area contributed by atoms with Gasteiger partial charge in [-0.25, -0.2) is 0 Å². The zero-order valence-electron chi connectivity index (χ0n) is 15.4. The van der Waals surface area contributed by atoms with Crippen LogP contribution in [0.3, 0.4) is 0 Å². The van der Waals surface area contributed by atoms with Gasteiger partial charge in [0.2, 0.25) is 0 Å². The number of carbonyl (C=O) groups excluding carboxylic acids is 3. The number of rotatable bonds is 7. The van der Waals surface area contributed by atoms with Crippen LogP contribution in [0.2, 0.25) is 0 Å². The van der Waals surface area contributed by atoms with Crippen molar-refractivity contribution in [3.8, 4) is 0 Å². The van der Waals surface area contributed by atoms with E-state index in [0.717, 1.165) is 19.3 Å². The highest BCUT2D eigenvalue weighted by molar-refractivity contribution is 5.98. The second-order valence-electron chi connectivity index (χ2n) is 6.75. The molecule has 0 fully saturated rings. The molecular formula is C22H23NO4. The number of benzene rings is 2. The van der Waals surface area contributed by atoms with Crippen molar-refractivity contribution in [2.45, 2.75) is 45.1 Å². The summed E-state index contributed by atoms with van der Waals surface area (Å²) in [6.45, 7) is 1.53. The lowest BCUT2D eigenvalue weighted by Gasteiger charge is -2.14. The number of hydrogen-bond donors (Lipinski definition) is 1. The molecule has 1 amide bonds. The summed E-state index contributed by atoms with van der Waals surface area (Å²) in [5, 5.41) is 2.78. The summed E-state index contributed by atoms with van der Waals surface area (Å²) >= 11 is 0. The number of ketones is 1. The van der Waals surface area contributed by atoms with Gasteiger partial charge in [0.05, 0.1) is 6.42 Å². The number of nitrogens with one attached hydrogen (secondary N) is 1. The predicted octanol–water partition coefficient (Wildman–Crippen LogP) is 3.71. The monoisotopic (exact) mass is 365 g/mol. The summed E-state index contributed by atoms with van der Waals surface area (Å²) in [5.41, 5.74) is 3.86. The molecule has 0 heterocycles. The first kappa shape index (κ1) is 18.8. The van der Waals surface area contributed by atoms with Crippen LogP contribution in [0.25, 0.3) is 0 Å². The minimum absolute atomic E-state index is 0.0514. The van der Waals surface area contributed by atoms with Gasteiger partial charge in [-0.3, -0.25) is 14.4 Å². The zero-order valence-corrected chi connectivity index (χ0v) is 15.4. The fourth-order valence-electron chi connectivity index (χ4n) is 3.19. The molecule has 5 nitrogen and oxygen atoms in total. The molecule has 5 heteroatoms. The molecule has 0 bridgehead atoms. The van der Waals surface area contributed by atoms with Gasteiger partial charge >= 0.3 is 5.97 Å². The molecule has 0 radical (unpaired) electrons. The standard InChI is InChI=1S/C22H23NO4/c1-15(22(26)23-19-11-10-16-8-5-9-18(16)14-19)27-21(25)13-12-20(24)17-6-3-2-4-7-17/h2-4,6-7,10-11,14-15H,5,8-9,12-13H2,1H3,(H,23,26)/t15-/m1/s1. The van der Waals surface area contributed by atoms with Gasteiger partial charge in [0.25, 0.3) is 5.91 Å². The minimum atomic E-state index is -0.919. The molecule has 0 saturated carbocycles. The fourth-order valence-corrected chi connectivity index (χ4v) is 3.19. The van der Waals surface area contributed by atoms with Crippen LogP contribution in [0.5, 0.6) is 0 Å². The number of hydrogen-bond acceptors (Lipinski definition) is 4. The Hall–Kier alpha value is -2.95. The SMILES string of the molecule is C[C@@H](OC(=O)CCC(=O)c1ccccc1)C(=O)Nc1ccc2c(c1)CCC2. The minimum Gasteiger partial charge on any atom is -0.453 e. The third kappa shape index (κ3) is 5.03. The molecule has 1 aliphatic carbocycles. The Labute approximate surface area is 158 Å². The summed E-state index contributed by atoms with van der Waals surface area (Å²) in [6, 6.07) is 14.7. The van der Waals surface area contributed by atoms with E-state index < -0.39 is 12.1 Å². The van der Waals surface area contributed by atoms with Crippen molar-refractivity contribution >= 4 is 23.3 Å². The van der Waals surface area contributed by atoms with Crippen molar-refractivity contribution in [3.63, 3.8) is 0 Å². The third-order valence-corrected chi connectivity index (χ3v) is 4.70. The zero-order chi connectivity index (χ0) is 19.2. The molecule has 140 valence electrons. The van der Waals surface area contributed by atoms with Gasteiger partial charge in [-0.15, -0.1) is 0 Å². The fraction of sp³-hybridized carbons (Fsp3) is 0.318. The summed E-state index contributed by atoms with van der Waals surface area (Å²) in [5.74, 6) is -1.06. The van der Waals surface area contributed by atoms with E-state index in [4.69, 9.17) is 4.74 Å². The maximum atomic E-state index is 12.3. The van der Waals surface area contributed by atoms with Gasteiger partial charge in [0, 0.05) is 17.7 Å². The van der Waals surface area contributed by atoms with Gasteiger partial charge in [0.15, 0.2) is 11.9 Å². The maximum absolute atomic E-state index is 12.3. The Morgan fingerprint density at radius 3 is 2.52 bits per heavy atom. The number of carbonyl (C=O) groups is 3. The molecule has 1 N–H and O–H groups in total. The molecule has 0 unspecified atom stereocenters. The first-order valence-electron chi connectivity index (χ1n) is 9.23. The molecule has 0 aliphatic heterocycles. The van der Waals surface area contributed by atoms with E-state index in [1.54, 1.807) is 24.3 Å². The average molecular weight is 365 g/mol.